The highest BCUT2D eigenvalue weighted by Gasteiger charge is 2.23. The number of benzene rings is 1. The fourth-order valence-corrected chi connectivity index (χ4v) is 2.09. The van der Waals surface area contributed by atoms with E-state index < -0.39 is 16.0 Å². The summed E-state index contributed by atoms with van der Waals surface area (Å²) >= 11 is 0. The third-order valence-electron chi connectivity index (χ3n) is 2.74. The van der Waals surface area contributed by atoms with Crippen molar-refractivity contribution >= 4 is 21.7 Å². The van der Waals surface area contributed by atoms with Gasteiger partial charge in [-0.3, -0.25) is 4.31 Å². The Labute approximate surface area is 118 Å². The van der Waals surface area contributed by atoms with Gasteiger partial charge in [0.1, 0.15) is 0 Å². The molecular weight excluding hydrogens is 286 g/mol. The summed E-state index contributed by atoms with van der Waals surface area (Å²) in [6.45, 7) is 0. The number of carbonyl (C=O) groups is 1. The molecule has 0 aliphatic carbocycles. The molecule has 0 saturated heterocycles. The molecule has 112 valence electrons. The van der Waals surface area contributed by atoms with Crippen LogP contribution in [-0.4, -0.2) is 49.0 Å². The van der Waals surface area contributed by atoms with E-state index in [9.17, 15) is 13.2 Å². The van der Waals surface area contributed by atoms with Crippen LogP contribution >= 0.6 is 0 Å². The van der Waals surface area contributed by atoms with E-state index in [1.807, 2.05) is 0 Å². The van der Waals surface area contributed by atoms with Crippen LogP contribution in [0.3, 0.4) is 0 Å². The minimum absolute atomic E-state index is 0.0677. The molecule has 8 heteroatoms. The van der Waals surface area contributed by atoms with Crippen molar-refractivity contribution in [3.63, 3.8) is 0 Å². The van der Waals surface area contributed by atoms with Gasteiger partial charge in [-0.15, -0.1) is 0 Å². The van der Waals surface area contributed by atoms with Crippen LogP contribution in [0.4, 0.5) is 5.69 Å². The molecule has 0 aromatic heterocycles. The molecule has 1 aromatic carbocycles. The lowest BCUT2D eigenvalue weighted by Crippen LogP contribution is -2.27. The van der Waals surface area contributed by atoms with Gasteiger partial charge in [0.25, 0.3) is 0 Å². The lowest BCUT2D eigenvalue weighted by atomic mass is 10.1. The predicted octanol–water partition coefficient (Wildman–Crippen LogP) is 0.886. The normalized spacial score (nSPS) is 10.8. The van der Waals surface area contributed by atoms with Gasteiger partial charge in [0.15, 0.2) is 11.5 Å². The van der Waals surface area contributed by atoms with Gasteiger partial charge in [0.2, 0.25) is 10.0 Å². The van der Waals surface area contributed by atoms with Gasteiger partial charge >= 0.3 is 5.97 Å². The Morgan fingerprint density at radius 2 is 1.60 bits per heavy atom. The number of hydrogen-bond donors (Lipinski definition) is 0. The molecule has 1 aromatic rings. The first kappa shape index (κ1) is 16.1. The lowest BCUT2D eigenvalue weighted by molar-refractivity contribution is 0.0601. The molecule has 0 amide bonds. The number of sulfonamides is 1. The molecule has 0 atom stereocenters. The van der Waals surface area contributed by atoms with Gasteiger partial charge in [-0.1, -0.05) is 0 Å². The van der Waals surface area contributed by atoms with E-state index >= 15 is 0 Å². The highest BCUT2D eigenvalue weighted by Crippen LogP contribution is 2.35. The van der Waals surface area contributed by atoms with Crippen molar-refractivity contribution < 1.29 is 27.4 Å². The molecule has 0 heterocycles. The van der Waals surface area contributed by atoms with Gasteiger partial charge in [-0.25, -0.2) is 13.2 Å². The van der Waals surface area contributed by atoms with Crippen molar-refractivity contribution in [2.24, 2.45) is 0 Å². The number of hydrogen-bond acceptors (Lipinski definition) is 6. The van der Waals surface area contributed by atoms with Crippen LogP contribution in [-0.2, 0) is 14.8 Å². The van der Waals surface area contributed by atoms with Crippen molar-refractivity contribution in [2.75, 3.05) is 38.9 Å². The third-order valence-corrected chi connectivity index (χ3v) is 3.94. The molecule has 0 saturated carbocycles. The number of nitrogens with zero attached hydrogens (tertiary/aromatic N) is 1. The van der Waals surface area contributed by atoms with E-state index in [0.29, 0.717) is 11.5 Å². The van der Waals surface area contributed by atoms with Crippen LogP contribution < -0.4 is 13.8 Å². The average Bonchev–Trinajstić information content (AvgIpc) is 2.42. The number of methoxy groups -OCH3 is 3. The summed E-state index contributed by atoms with van der Waals surface area (Å²) in [5.41, 5.74) is 0.218. The Morgan fingerprint density at radius 3 is 2.00 bits per heavy atom. The molecular formula is C12H17NO6S. The van der Waals surface area contributed by atoms with Gasteiger partial charge in [0.05, 0.1) is 38.8 Å². The van der Waals surface area contributed by atoms with E-state index in [4.69, 9.17) is 9.47 Å². The minimum Gasteiger partial charge on any atom is -0.493 e. The Hall–Kier alpha value is -1.96. The predicted molar refractivity (Wildman–Crippen MR) is 74.1 cm³/mol. The van der Waals surface area contributed by atoms with Crippen LogP contribution in [0.2, 0.25) is 0 Å². The van der Waals surface area contributed by atoms with E-state index in [-0.39, 0.29) is 11.3 Å². The second-order valence-electron chi connectivity index (χ2n) is 3.95. The first-order valence-corrected chi connectivity index (χ1v) is 7.39. The molecule has 1 rings (SSSR count). The number of esters is 1. The molecule has 20 heavy (non-hydrogen) atoms. The zero-order valence-electron chi connectivity index (χ0n) is 12.0. The quantitative estimate of drug-likeness (QED) is 0.751. The molecule has 0 aliphatic rings. The summed E-state index contributed by atoms with van der Waals surface area (Å²) in [6.07, 6.45) is 1.03. The largest absolute Gasteiger partial charge is 0.493 e. The van der Waals surface area contributed by atoms with Crippen molar-refractivity contribution in [1.29, 1.82) is 0 Å². The molecule has 0 unspecified atom stereocenters. The molecule has 0 fully saturated rings. The summed E-state index contributed by atoms with van der Waals surface area (Å²) in [7, 11) is 1.84. The number of rotatable bonds is 5. The third kappa shape index (κ3) is 3.13. The average molecular weight is 303 g/mol. The Kier molecular flexibility index (Phi) is 4.83. The zero-order chi connectivity index (χ0) is 15.5. The van der Waals surface area contributed by atoms with Crippen LogP contribution in [0.15, 0.2) is 12.1 Å². The van der Waals surface area contributed by atoms with E-state index in [1.54, 1.807) is 0 Å². The second-order valence-corrected chi connectivity index (χ2v) is 5.96. The summed E-state index contributed by atoms with van der Waals surface area (Å²) in [6, 6.07) is 2.79. The SMILES string of the molecule is COC(=O)c1cc(OC)c(OC)cc1N(C)S(C)(=O)=O. The highest BCUT2D eigenvalue weighted by molar-refractivity contribution is 7.92. The minimum atomic E-state index is -3.54. The molecule has 0 N–H and O–H groups in total. The number of anilines is 1. The smallest absolute Gasteiger partial charge is 0.340 e. The highest BCUT2D eigenvalue weighted by atomic mass is 32.2. The van der Waals surface area contributed by atoms with Crippen molar-refractivity contribution in [3.8, 4) is 11.5 Å². The summed E-state index contributed by atoms with van der Waals surface area (Å²) in [5, 5.41) is 0. The fraction of sp³-hybridized carbons (Fsp3) is 0.417. The van der Waals surface area contributed by atoms with E-state index in [2.05, 4.69) is 4.74 Å². The van der Waals surface area contributed by atoms with Gasteiger partial charge < -0.3 is 14.2 Å². The Bertz CT molecular complexity index is 611. The van der Waals surface area contributed by atoms with Gasteiger partial charge in [-0.2, -0.15) is 0 Å². The molecule has 7 nitrogen and oxygen atoms in total. The maximum atomic E-state index is 11.8. The molecule has 0 radical (unpaired) electrons. The van der Waals surface area contributed by atoms with E-state index in [0.717, 1.165) is 10.6 Å². The Balaban J connectivity index is 3.58. The fourth-order valence-electron chi connectivity index (χ4n) is 1.58. The summed E-state index contributed by atoms with van der Waals surface area (Å²) in [4.78, 5) is 11.8. The zero-order valence-corrected chi connectivity index (χ0v) is 12.8. The molecule has 0 aliphatic heterocycles. The number of ether oxygens (including phenoxy) is 3. The Morgan fingerprint density at radius 1 is 1.10 bits per heavy atom. The molecule has 0 bridgehead atoms. The second kappa shape index (κ2) is 6.00. The summed E-state index contributed by atoms with van der Waals surface area (Å²) < 4.78 is 39.1. The van der Waals surface area contributed by atoms with E-state index in [1.165, 1.54) is 40.5 Å². The van der Waals surface area contributed by atoms with Crippen molar-refractivity contribution in [1.82, 2.24) is 0 Å². The maximum absolute atomic E-state index is 11.8. The summed E-state index contributed by atoms with van der Waals surface area (Å²) in [5.74, 6) is -0.0549. The first-order chi connectivity index (χ1) is 9.26. The standard InChI is InChI=1S/C12H17NO6S/c1-13(20(5,15)16)9-7-11(18-3)10(17-2)6-8(9)12(14)19-4/h6-7H,1-5H3. The lowest BCUT2D eigenvalue weighted by Gasteiger charge is -2.21. The van der Waals surface area contributed by atoms with Crippen LogP contribution in [0.1, 0.15) is 10.4 Å². The molecule has 0 spiro atoms. The van der Waals surface area contributed by atoms with Gasteiger partial charge in [-0.05, 0) is 0 Å². The van der Waals surface area contributed by atoms with Crippen molar-refractivity contribution in [2.45, 2.75) is 0 Å². The monoisotopic (exact) mass is 303 g/mol. The van der Waals surface area contributed by atoms with Crippen LogP contribution in [0.5, 0.6) is 11.5 Å². The maximum Gasteiger partial charge on any atom is 0.340 e. The topological polar surface area (TPSA) is 82.1 Å². The van der Waals surface area contributed by atoms with Crippen LogP contribution in [0.25, 0.3) is 0 Å². The van der Waals surface area contributed by atoms with Crippen LogP contribution in [0, 0.1) is 0 Å². The van der Waals surface area contributed by atoms with Crippen molar-refractivity contribution in [3.05, 3.63) is 17.7 Å². The number of carbonyl (C=O) groups excluding carboxylic acids is 1. The first-order valence-electron chi connectivity index (χ1n) is 5.54. The van der Waals surface area contributed by atoms with Gasteiger partial charge in [0, 0.05) is 19.2 Å².